The molecule has 5 nitrogen and oxygen atoms in total. The normalized spacial score (nSPS) is 15.9. The van der Waals surface area contributed by atoms with Crippen molar-refractivity contribution in [2.75, 3.05) is 25.6 Å². The van der Waals surface area contributed by atoms with Gasteiger partial charge in [-0.05, 0) is 48.0 Å². The van der Waals surface area contributed by atoms with Crippen LogP contribution in [0.1, 0.15) is 12.0 Å². The summed E-state index contributed by atoms with van der Waals surface area (Å²) in [7, 11) is 4.00. The van der Waals surface area contributed by atoms with Crippen molar-refractivity contribution in [1.29, 1.82) is 0 Å². The molecular weight excluding hydrogens is 302 g/mol. The molecule has 0 N–H and O–H groups in total. The molecule has 2 aromatic carbocycles. The molecule has 0 radical (unpaired) electrons. The summed E-state index contributed by atoms with van der Waals surface area (Å²) in [4.78, 5) is 13.5. The largest absolute Gasteiger partial charge is 0.462 e. The van der Waals surface area contributed by atoms with Crippen LogP contribution in [0.25, 0.3) is 6.08 Å². The molecule has 1 aliphatic heterocycles. The van der Waals surface area contributed by atoms with Gasteiger partial charge in [0, 0.05) is 31.8 Å². The number of hydrogen-bond donors (Lipinski definition) is 0. The van der Waals surface area contributed by atoms with E-state index in [-0.39, 0.29) is 5.97 Å². The van der Waals surface area contributed by atoms with Crippen molar-refractivity contribution < 1.29 is 9.53 Å². The Balaban J connectivity index is 1.68. The van der Waals surface area contributed by atoms with Gasteiger partial charge in [0.15, 0.2) is 0 Å². The molecule has 0 bridgehead atoms. The maximum Gasteiger partial charge on any atom is 0.334 e. The second-order valence-electron chi connectivity index (χ2n) is 5.76. The van der Waals surface area contributed by atoms with E-state index in [0.29, 0.717) is 18.6 Å². The molecule has 0 aromatic heterocycles. The monoisotopic (exact) mass is 321 g/mol. The molecule has 122 valence electrons. The Morgan fingerprint density at radius 1 is 0.958 bits per heavy atom. The lowest BCUT2D eigenvalue weighted by Gasteiger charge is -2.11. The Morgan fingerprint density at radius 3 is 2.04 bits per heavy atom. The van der Waals surface area contributed by atoms with Crippen LogP contribution in [-0.2, 0) is 9.53 Å². The van der Waals surface area contributed by atoms with Gasteiger partial charge in [-0.1, -0.05) is 12.1 Å². The maximum absolute atomic E-state index is 11.4. The molecule has 0 spiro atoms. The molecule has 1 aliphatic rings. The average Bonchev–Trinajstić information content (AvgIpc) is 2.99. The number of esters is 1. The molecule has 0 atom stereocenters. The fourth-order valence-electron chi connectivity index (χ4n) is 2.35. The first kappa shape index (κ1) is 15.9. The molecule has 2 aromatic rings. The summed E-state index contributed by atoms with van der Waals surface area (Å²) in [6.07, 6.45) is 2.53. The summed E-state index contributed by atoms with van der Waals surface area (Å²) in [5.41, 5.74) is 4.36. The summed E-state index contributed by atoms with van der Waals surface area (Å²) in [5, 5.41) is 8.48. The van der Waals surface area contributed by atoms with E-state index in [1.54, 1.807) is 0 Å². The maximum atomic E-state index is 11.4. The minimum atomic E-state index is -0.222. The first-order chi connectivity index (χ1) is 11.6. The summed E-state index contributed by atoms with van der Waals surface area (Å²) in [6, 6.07) is 15.5. The second-order valence-corrected chi connectivity index (χ2v) is 5.76. The van der Waals surface area contributed by atoms with Crippen LogP contribution >= 0.6 is 0 Å². The summed E-state index contributed by atoms with van der Waals surface area (Å²) < 4.78 is 4.93. The Kier molecular flexibility index (Phi) is 4.70. The van der Waals surface area contributed by atoms with Crippen molar-refractivity contribution in [3.05, 3.63) is 59.7 Å². The standard InChI is InChI=1S/C19H19N3O2/c1-22(2)18-9-7-17(8-10-18)21-20-16-5-3-14(4-6-16)13-15-11-12-24-19(15)23/h3-10,13H,11-12H2,1-2H3/b15-13-,21-20?. The lowest BCUT2D eigenvalue weighted by atomic mass is 10.1. The number of ether oxygens (including phenoxy) is 1. The van der Waals surface area contributed by atoms with Crippen LogP contribution in [0.3, 0.4) is 0 Å². The van der Waals surface area contributed by atoms with Crippen LogP contribution in [0.15, 0.2) is 64.3 Å². The van der Waals surface area contributed by atoms with Crippen molar-refractivity contribution in [2.24, 2.45) is 10.2 Å². The van der Waals surface area contributed by atoms with E-state index in [0.717, 1.165) is 22.6 Å². The lowest BCUT2D eigenvalue weighted by molar-refractivity contribution is -0.134. The minimum absolute atomic E-state index is 0.222. The van der Waals surface area contributed by atoms with Gasteiger partial charge in [-0.25, -0.2) is 4.79 Å². The first-order valence-electron chi connectivity index (χ1n) is 7.79. The second kappa shape index (κ2) is 7.08. The molecule has 0 saturated carbocycles. The lowest BCUT2D eigenvalue weighted by Crippen LogP contribution is -2.07. The van der Waals surface area contributed by atoms with Gasteiger partial charge in [0.05, 0.1) is 18.0 Å². The molecule has 0 aliphatic carbocycles. The molecule has 1 fully saturated rings. The van der Waals surface area contributed by atoms with Gasteiger partial charge >= 0.3 is 5.97 Å². The summed E-state index contributed by atoms with van der Waals surface area (Å²) in [5.74, 6) is -0.222. The number of carbonyl (C=O) groups is 1. The molecule has 5 heteroatoms. The highest BCUT2D eigenvalue weighted by molar-refractivity contribution is 5.95. The quantitative estimate of drug-likeness (QED) is 0.473. The van der Waals surface area contributed by atoms with Crippen molar-refractivity contribution >= 4 is 29.1 Å². The molecular formula is C19H19N3O2. The Hall–Kier alpha value is -2.95. The average molecular weight is 321 g/mol. The van der Waals surface area contributed by atoms with Gasteiger partial charge < -0.3 is 9.64 Å². The van der Waals surface area contributed by atoms with Crippen molar-refractivity contribution in [3.63, 3.8) is 0 Å². The van der Waals surface area contributed by atoms with E-state index >= 15 is 0 Å². The highest BCUT2D eigenvalue weighted by atomic mass is 16.5. The van der Waals surface area contributed by atoms with Crippen molar-refractivity contribution in [2.45, 2.75) is 6.42 Å². The van der Waals surface area contributed by atoms with E-state index in [9.17, 15) is 4.79 Å². The number of carbonyl (C=O) groups excluding carboxylic acids is 1. The number of hydrogen-bond acceptors (Lipinski definition) is 5. The van der Waals surface area contributed by atoms with Gasteiger partial charge in [-0.3, -0.25) is 0 Å². The zero-order valence-electron chi connectivity index (χ0n) is 13.8. The van der Waals surface area contributed by atoms with Gasteiger partial charge in [-0.2, -0.15) is 10.2 Å². The van der Waals surface area contributed by atoms with E-state index < -0.39 is 0 Å². The molecule has 0 amide bonds. The molecule has 24 heavy (non-hydrogen) atoms. The first-order valence-corrected chi connectivity index (χ1v) is 7.79. The van der Waals surface area contributed by atoms with Crippen molar-refractivity contribution in [1.82, 2.24) is 0 Å². The summed E-state index contributed by atoms with van der Waals surface area (Å²) in [6.45, 7) is 0.476. The van der Waals surface area contributed by atoms with Crippen LogP contribution < -0.4 is 4.90 Å². The van der Waals surface area contributed by atoms with E-state index in [1.165, 1.54) is 0 Å². The number of rotatable bonds is 4. The van der Waals surface area contributed by atoms with Gasteiger partial charge in [0.1, 0.15) is 0 Å². The van der Waals surface area contributed by atoms with Crippen LogP contribution in [0.2, 0.25) is 0 Å². The SMILES string of the molecule is CN(C)c1ccc(N=Nc2ccc(/C=C3/CCOC3=O)cc2)cc1. The van der Waals surface area contributed by atoms with Crippen LogP contribution in [0, 0.1) is 0 Å². The van der Waals surface area contributed by atoms with E-state index in [4.69, 9.17) is 4.74 Å². The highest BCUT2D eigenvalue weighted by Gasteiger charge is 2.17. The Labute approximate surface area is 141 Å². The van der Waals surface area contributed by atoms with Crippen LogP contribution in [0.4, 0.5) is 17.1 Å². The van der Waals surface area contributed by atoms with Gasteiger partial charge in [0.2, 0.25) is 0 Å². The zero-order chi connectivity index (χ0) is 16.9. The van der Waals surface area contributed by atoms with Gasteiger partial charge in [-0.15, -0.1) is 0 Å². The number of azo groups is 1. The fourth-order valence-corrected chi connectivity index (χ4v) is 2.35. The molecule has 0 unspecified atom stereocenters. The Morgan fingerprint density at radius 2 is 1.54 bits per heavy atom. The van der Waals surface area contributed by atoms with E-state index in [2.05, 4.69) is 10.2 Å². The number of cyclic esters (lactones) is 1. The predicted molar refractivity (Wildman–Crippen MR) is 94.9 cm³/mol. The van der Waals surface area contributed by atoms with Gasteiger partial charge in [0.25, 0.3) is 0 Å². The Bertz CT molecular complexity index is 775. The van der Waals surface area contributed by atoms with Crippen molar-refractivity contribution in [3.8, 4) is 0 Å². The third-order valence-corrected chi connectivity index (χ3v) is 3.75. The minimum Gasteiger partial charge on any atom is -0.462 e. The highest BCUT2D eigenvalue weighted by Crippen LogP contribution is 2.23. The number of nitrogens with zero attached hydrogens (tertiary/aromatic N) is 3. The third kappa shape index (κ3) is 3.87. The number of anilines is 1. The zero-order valence-corrected chi connectivity index (χ0v) is 13.8. The summed E-state index contributed by atoms with van der Waals surface area (Å²) >= 11 is 0. The fraction of sp³-hybridized carbons (Fsp3) is 0.211. The molecule has 3 rings (SSSR count). The number of benzene rings is 2. The molecule has 1 saturated heterocycles. The van der Waals surface area contributed by atoms with Crippen LogP contribution in [-0.4, -0.2) is 26.7 Å². The third-order valence-electron chi connectivity index (χ3n) is 3.75. The molecule has 1 heterocycles. The topological polar surface area (TPSA) is 54.3 Å². The predicted octanol–water partition coefficient (Wildman–Crippen LogP) is 4.50. The van der Waals surface area contributed by atoms with E-state index in [1.807, 2.05) is 73.6 Å². The van der Waals surface area contributed by atoms with Crippen LogP contribution in [0.5, 0.6) is 0 Å². The smallest absolute Gasteiger partial charge is 0.334 e.